The summed E-state index contributed by atoms with van der Waals surface area (Å²) in [6.45, 7) is 0.471. The lowest BCUT2D eigenvalue weighted by atomic mass is 9.80. The monoisotopic (exact) mass is 355 g/mol. The van der Waals surface area contributed by atoms with Gasteiger partial charge in [-0.15, -0.1) is 0 Å². The van der Waals surface area contributed by atoms with Crippen molar-refractivity contribution in [1.82, 2.24) is 5.32 Å². The molecule has 0 unspecified atom stereocenters. The van der Waals surface area contributed by atoms with Crippen molar-refractivity contribution in [3.63, 3.8) is 0 Å². The van der Waals surface area contributed by atoms with E-state index in [4.69, 9.17) is 9.84 Å². The summed E-state index contributed by atoms with van der Waals surface area (Å²) in [6.07, 6.45) is 2.09. The van der Waals surface area contributed by atoms with E-state index in [1.165, 1.54) is 0 Å². The maximum Gasteiger partial charge on any atom is 0.306 e. The number of amides is 1. The lowest BCUT2D eigenvalue weighted by Crippen LogP contribution is -2.46. The molecule has 114 valence electrons. The Morgan fingerprint density at radius 1 is 1.33 bits per heavy atom. The van der Waals surface area contributed by atoms with Crippen LogP contribution in [0.4, 0.5) is 0 Å². The van der Waals surface area contributed by atoms with Crippen molar-refractivity contribution in [2.45, 2.75) is 31.7 Å². The summed E-state index contributed by atoms with van der Waals surface area (Å²) in [5.74, 6) is -0.350. The maximum absolute atomic E-state index is 11.7. The Morgan fingerprint density at radius 2 is 2.05 bits per heavy atom. The zero-order chi connectivity index (χ0) is 15.2. The van der Waals surface area contributed by atoms with Crippen LogP contribution in [0, 0.1) is 5.92 Å². The number of halogens is 1. The minimum atomic E-state index is -0.776. The van der Waals surface area contributed by atoms with Crippen LogP contribution in [0.15, 0.2) is 28.7 Å². The van der Waals surface area contributed by atoms with Gasteiger partial charge < -0.3 is 15.2 Å². The number of ether oxygens (including phenoxy) is 1. The molecule has 0 saturated heterocycles. The third-order valence-corrected chi connectivity index (χ3v) is 4.15. The number of carbonyl (C=O) groups excluding carboxylic acids is 1. The lowest BCUT2D eigenvalue weighted by molar-refractivity contribution is -0.146. The van der Waals surface area contributed by atoms with Crippen molar-refractivity contribution >= 4 is 27.8 Å². The molecule has 0 aliphatic heterocycles. The fraction of sp³-hybridized carbons (Fsp3) is 0.467. The third-order valence-electron chi connectivity index (χ3n) is 3.49. The number of para-hydroxylation sites is 1. The second-order valence-electron chi connectivity index (χ2n) is 5.15. The average molecular weight is 356 g/mol. The molecule has 1 aromatic rings. The van der Waals surface area contributed by atoms with Crippen LogP contribution in [0.1, 0.15) is 25.7 Å². The predicted molar refractivity (Wildman–Crippen MR) is 81.2 cm³/mol. The zero-order valence-corrected chi connectivity index (χ0v) is 13.1. The van der Waals surface area contributed by atoms with Crippen LogP contribution in [0.3, 0.4) is 0 Å². The van der Waals surface area contributed by atoms with Crippen LogP contribution >= 0.6 is 15.9 Å². The fourth-order valence-corrected chi connectivity index (χ4v) is 2.61. The highest BCUT2D eigenvalue weighted by Gasteiger charge is 2.34. The van der Waals surface area contributed by atoms with Crippen molar-refractivity contribution in [3.05, 3.63) is 28.7 Å². The Kier molecular flexibility index (Phi) is 5.61. The van der Waals surface area contributed by atoms with Gasteiger partial charge in [-0.3, -0.25) is 9.59 Å². The van der Waals surface area contributed by atoms with Gasteiger partial charge in [-0.2, -0.15) is 0 Å². The molecule has 0 aromatic heterocycles. The highest BCUT2D eigenvalue weighted by Crippen LogP contribution is 2.27. The van der Waals surface area contributed by atoms with Gasteiger partial charge in [-0.25, -0.2) is 0 Å². The predicted octanol–water partition coefficient (Wildman–Crippen LogP) is 2.59. The van der Waals surface area contributed by atoms with E-state index in [9.17, 15) is 9.59 Å². The van der Waals surface area contributed by atoms with E-state index in [0.717, 1.165) is 10.2 Å². The Bertz CT molecular complexity index is 514. The van der Waals surface area contributed by atoms with Gasteiger partial charge in [0.2, 0.25) is 5.91 Å². The first-order chi connectivity index (χ1) is 10.1. The van der Waals surface area contributed by atoms with Crippen molar-refractivity contribution in [3.8, 4) is 5.75 Å². The zero-order valence-electron chi connectivity index (χ0n) is 11.5. The Labute approximate surface area is 131 Å². The molecular formula is C15H18BrNO4. The minimum absolute atomic E-state index is 0.0165. The number of rotatable bonds is 7. The summed E-state index contributed by atoms with van der Waals surface area (Å²) in [7, 11) is 0. The molecule has 1 saturated carbocycles. The fourth-order valence-electron chi connectivity index (χ4n) is 2.21. The van der Waals surface area contributed by atoms with Crippen molar-refractivity contribution in [2.75, 3.05) is 6.61 Å². The maximum atomic E-state index is 11.7. The Hall–Kier alpha value is -1.56. The minimum Gasteiger partial charge on any atom is -0.492 e. The molecule has 1 amide bonds. The Balaban J connectivity index is 1.58. The van der Waals surface area contributed by atoms with Crippen molar-refractivity contribution in [1.29, 1.82) is 0 Å². The number of aliphatic carboxylic acids is 1. The highest BCUT2D eigenvalue weighted by atomic mass is 79.9. The van der Waals surface area contributed by atoms with E-state index >= 15 is 0 Å². The van der Waals surface area contributed by atoms with Gasteiger partial charge in [0.25, 0.3) is 0 Å². The van der Waals surface area contributed by atoms with Gasteiger partial charge in [-0.1, -0.05) is 12.1 Å². The summed E-state index contributed by atoms with van der Waals surface area (Å²) in [4.78, 5) is 22.3. The molecule has 0 atom stereocenters. The highest BCUT2D eigenvalue weighted by molar-refractivity contribution is 9.10. The van der Waals surface area contributed by atoms with E-state index in [-0.39, 0.29) is 17.9 Å². The molecule has 0 heterocycles. The van der Waals surface area contributed by atoms with Gasteiger partial charge in [-0.05, 0) is 47.3 Å². The molecule has 0 radical (unpaired) electrons. The summed E-state index contributed by atoms with van der Waals surface area (Å²) >= 11 is 3.39. The number of carbonyl (C=O) groups is 2. The topological polar surface area (TPSA) is 75.6 Å². The first-order valence-electron chi connectivity index (χ1n) is 6.95. The smallest absolute Gasteiger partial charge is 0.306 e. The SMILES string of the molecule is O=C(CCCOc1ccccc1Br)NC1CC(C(=O)O)C1. The van der Waals surface area contributed by atoms with Crippen LogP contribution in [0.2, 0.25) is 0 Å². The third kappa shape index (κ3) is 4.74. The summed E-state index contributed by atoms with van der Waals surface area (Å²) in [5.41, 5.74) is 0. The van der Waals surface area contributed by atoms with Crippen LogP contribution < -0.4 is 10.1 Å². The van der Waals surface area contributed by atoms with Crippen molar-refractivity contribution in [2.24, 2.45) is 5.92 Å². The molecule has 1 fully saturated rings. The van der Waals surface area contributed by atoms with Gasteiger partial charge in [0.05, 0.1) is 17.0 Å². The van der Waals surface area contributed by atoms with Crippen LogP contribution in [0.25, 0.3) is 0 Å². The van der Waals surface area contributed by atoms with E-state index in [2.05, 4.69) is 21.2 Å². The van der Waals surface area contributed by atoms with E-state index in [1.807, 2.05) is 24.3 Å². The van der Waals surface area contributed by atoms with Gasteiger partial charge in [0, 0.05) is 12.5 Å². The van der Waals surface area contributed by atoms with Gasteiger partial charge in [0.1, 0.15) is 5.75 Å². The molecule has 2 N–H and O–H groups in total. The molecule has 2 rings (SSSR count). The largest absolute Gasteiger partial charge is 0.492 e. The summed E-state index contributed by atoms with van der Waals surface area (Å²) in [6, 6.07) is 7.58. The van der Waals surface area contributed by atoms with Crippen LogP contribution in [-0.2, 0) is 9.59 Å². The molecule has 1 aliphatic rings. The Morgan fingerprint density at radius 3 is 2.71 bits per heavy atom. The number of hydrogen-bond acceptors (Lipinski definition) is 3. The first-order valence-corrected chi connectivity index (χ1v) is 7.75. The van der Waals surface area contributed by atoms with Crippen molar-refractivity contribution < 1.29 is 19.4 Å². The molecule has 6 heteroatoms. The second kappa shape index (κ2) is 7.45. The van der Waals surface area contributed by atoms with E-state index < -0.39 is 5.97 Å². The standard InChI is InChI=1S/C15H18BrNO4/c16-12-4-1-2-5-13(12)21-7-3-6-14(18)17-11-8-10(9-11)15(19)20/h1-2,4-5,10-11H,3,6-9H2,(H,17,18)(H,19,20). The van der Waals surface area contributed by atoms with Gasteiger partial charge in [0.15, 0.2) is 0 Å². The molecule has 1 aliphatic carbocycles. The quantitative estimate of drug-likeness (QED) is 0.737. The first kappa shape index (κ1) is 15.8. The van der Waals surface area contributed by atoms with Crippen LogP contribution in [-0.4, -0.2) is 29.6 Å². The van der Waals surface area contributed by atoms with Gasteiger partial charge >= 0.3 is 5.97 Å². The average Bonchev–Trinajstić information content (AvgIpc) is 2.40. The normalized spacial score (nSPS) is 20.4. The number of hydrogen-bond donors (Lipinski definition) is 2. The molecule has 1 aromatic carbocycles. The van der Waals surface area contributed by atoms with E-state index in [0.29, 0.717) is 32.3 Å². The molecule has 0 bridgehead atoms. The molecular weight excluding hydrogens is 338 g/mol. The molecule has 5 nitrogen and oxygen atoms in total. The number of nitrogens with one attached hydrogen (secondary N) is 1. The van der Waals surface area contributed by atoms with E-state index in [1.54, 1.807) is 0 Å². The molecule has 21 heavy (non-hydrogen) atoms. The number of benzene rings is 1. The lowest BCUT2D eigenvalue weighted by Gasteiger charge is -2.32. The molecule has 0 spiro atoms. The number of carboxylic acids is 1. The number of carboxylic acid groups (broad SMARTS) is 1. The summed E-state index contributed by atoms with van der Waals surface area (Å²) in [5, 5.41) is 11.6. The van der Waals surface area contributed by atoms with Crippen LogP contribution in [0.5, 0.6) is 5.75 Å². The second-order valence-corrected chi connectivity index (χ2v) is 6.01. The summed E-state index contributed by atoms with van der Waals surface area (Å²) < 4.78 is 6.47.